The Kier molecular flexibility index (Phi) is 3.43. The van der Waals surface area contributed by atoms with Crippen LogP contribution < -0.4 is 0 Å². The topological polar surface area (TPSA) is 41.6 Å². The SMILES string of the molecule is CC(C)n1cc(C(F)F)c(-c2ccc(C#N)s2)n1. The normalized spacial score (nSPS) is 11.2. The molecule has 0 aliphatic rings. The molecule has 2 aromatic heterocycles. The Morgan fingerprint density at radius 3 is 2.61 bits per heavy atom. The van der Waals surface area contributed by atoms with Crippen LogP contribution in [-0.4, -0.2) is 9.78 Å². The molecule has 94 valence electrons. The highest BCUT2D eigenvalue weighted by Gasteiger charge is 2.21. The highest BCUT2D eigenvalue weighted by molar-refractivity contribution is 7.16. The molecule has 0 unspecified atom stereocenters. The number of aromatic nitrogens is 2. The molecule has 0 amide bonds. The van der Waals surface area contributed by atoms with Crippen molar-refractivity contribution in [3.05, 3.63) is 28.8 Å². The summed E-state index contributed by atoms with van der Waals surface area (Å²) in [6.45, 7) is 3.75. The molecule has 0 atom stereocenters. The highest BCUT2D eigenvalue weighted by atomic mass is 32.1. The number of rotatable bonds is 3. The van der Waals surface area contributed by atoms with Crippen molar-refractivity contribution in [1.82, 2.24) is 9.78 Å². The lowest BCUT2D eigenvalue weighted by Crippen LogP contribution is -2.00. The number of thiophene rings is 1. The maximum absolute atomic E-state index is 13.0. The monoisotopic (exact) mass is 267 g/mol. The summed E-state index contributed by atoms with van der Waals surface area (Å²) in [7, 11) is 0. The summed E-state index contributed by atoms with van der Waals surface area (Å²) in [6.07, 6.45) is -1.20. The molecule has 3 nitrogen and oxygen atoms in total. The molecule has 0 aliphatic carbocycles. The Morgan fingerprint density at radius 1 is 1.39 bits per heavy atom. The van der Waals surface area contributed by atoms with Crippen LogP contribution in [0.2, 0.25) is 0 Å². The van der Waals surface area contributed by atoms with Crippen molar-refractivity contribution in [2.24, 2.45) is 0 Å². The van der Waals surface area contributed by atoms with Crippen molar-refractivity contribution in [1.29, 1.82) is 5.26 Å². The van der Waals surface area contributed by atoms with E-state index < -0.39 is 6.43 Å². The van der Waals surface area contributed by atoms with Crippen LogP contribution in [0.15, 0.2) is 18.3 Å². The van der Waals surface area contributed by atoms with Crippen molar-refractivity contribution in [3.63, 3.8) is 0 Å². The second-order valence-corrected chi connectivity index (χ2v) is 5.17. The number of hydrogen-bond acceptors (Lipinski definition) is 3. The zero-order chi connectivity index (χ0) is 13.3. The lowest BCUT2D eigenvalue weighted by Gasteiger charge is -2.02. The van der Waals surface area contributed by atoms with E-state index in [2.05, 4.69) is 5.10 Å². The molecule has 2 aromatic rings. The quantitative estimate of drug-likeness (QED) is 0.843. The molecular weight excluding hydrogens is 256 g/mol. The number of hydrogen-bond donors (Lipinski definition) is 0. The first-order chi connectivity index (χ1) is 8.52. The summed E-state index contributed by atoms with van der Waals surface area (Å²) in [4.78, 5) is 1.09. The molecular formula is C12H11F2N3S. The molecule has 0 N–H and O–H groups in total. The highest BCUT2D eigenvalue weighted by Crippen LogP contribution is 2.34. The smallest absolute Gasteiger partial charge is 0.267 e. The van der Waals surface area contributed by atoms with Gasteiger partial charge in [0, 0.05) is 12.2 Å². The molecule has 0 aromatic carbocycles. The third kappa shape index (κ3) is 2.27. The Balaban J connectivity index is 2.52. The minimum Gasteiger partial charge on any atom is -0.269 e. The summed E-state index contributed by atoms with van der Waals surface area (Å²) in [5.74, 6) is 0. The van der Waals surface area contributed by atoms with E-state index >= 15 is 0 Å². The van der Waals surface area contributed by atoms with E-state index in [4.69, 9.17) is 5.26 Å². The molecule has 0 saturated carbocycles. The first-order valence-electron chi connectivity index (χ1n) is 5.40. The van der Waals surface area contributed by atoms with Crippen molar-refractivity contribution in [2.75, 3.05) is 0 Å². The van der Waals surface area contributed by atoms with Crippen LogP contribution in [0.5, 0.6) is 0 Å². The van der Waals surface area contributed by atoms with Crippen LogP contribution in [0.1, 0.15) is 36.8 Å². The first kappa shape index (κ1) is 12.7. The predicted molar refractivity (Wildman–Crippen MR) is 65.6 cm³/mol. The van der Waals surface area contributed by atoms with Gasteiger partial charge in [0.05, 0.1) is 10.4 Å². The molecule has 0 aliphatic heterocycles. The maximum Gasteiger partial charge on any atom is 0.267 e. The molecule has 2 rings (SSSR count). The fourth-order valence-corrected chi connectivity index (χ4v) is 2.36. The van der Waals surface area contributed by atoms with Crippen LogP contribution in [-0.2, 0) is 0 Å². The second-order valence-electron chi connectivity index (χ2n) is 4.08. The standard InChI is InChI=1S/C12H11F2N3S/c1-7(2)17-6-9(12(13)14)11(16-17)10-4-3-8(5-15)18-10/h3-4,6-7,12H,1-2H3. The van der Waals surface area contributed by atoms with Gasteiger partial charge in [-0.3, -0.25) is 4.68 Å². The number of nitriles is 1. The fourth-order valence-electron chi connectivity index (χ4n) is 1.55. The van der Waals surface area contributed by atoms with Crippen LogP contribution in [0.3, 0.4) is 0 Å². The van der Waals surface area contributed by atoms with E-state index in [0.29, 0.717) is 9.75 Å². The van der Waals surface area contributed by atoms with Gasteiger partial charge in [0.2, 0.25) is 0 Å². The van der Waals surface area contributed by atoms with Gasteiger partial charge in [0.25, 0.3) is 6.43 Å². The Bertz CT molecular complexity index is 593. The van der Waals surface area contributed by atoms with Gasteiger partial charge in [0.1, 0.15) is 16.6 Å². The van der Waals surface area contributed by atoms with Gasteiger partial charge in [-0.15, -0.1) is 11.3 Å². The van der Waals surface area contributed by atoms with Gasteiger partial charge in [-0.25, -0.2) is 8.78 Å². The third-order valence-corrected chi connectivity index (χ3v) is 3.47. The van der Waals surface area contributed by atoms with E-state index in [1.165, 1.54) is 22.2 Å². The van der Waals surface area contributed by atoms with Crippen LogP contribution >= 0.6 is 11.3 Å². The van der Waals surface area contributed by atoms with Crippen LogP contribution in [0.25, 0.3) is 10.6 Å². The minimum atomic E-state index is -2.57. The number of halogens is 2. The summed E-state index contributed by atoms with van der Waals surface area (Å²) < 4.78 is 27.4. The lowest BCUT2D eigenvalue weighted by molar-refractivity contribution is 0.152. The molecule has 0 fully saturated rings. The average Bonchev–Trinajstić information content (AvgIpc) is 2.95. The summed E-state index contributed by atoms with van der Waals surface area (Å²) in [5.41, 5.74) is 0.181. The Hall–Kier alpha value is -1.74. The van der Waals surface area contributed by atoms with E-state index in [9.17, 15) is 8.78 Å². The third-order valence-electron chi connectivity index (χ3n) is 2.47. The van der Waals surface area contributed by atoms with Crippen molar-refractivity contribution >= 4 is 11.3 Å². The average molecular weight is 267 g/mol. The predicted octanol–water partition coefficient (Wildman–Crippen LogP) is 4.00. The maximum atomic E-state index is 13.0. The summed E-state index contributed by atoms with van der Waals surface area (Å²) in [6, 6.07) is 5.28. The van der Waals surface area contributed by atoms with Crippen molar-refractivity contribution in [2.45, 2.75) is 26.3 Å². The van der Waals surface area contributed by atoms with Gasteiger partial charge in [0.15, 0.2) is 0 Å². The largest absolute Gasteiger partial charge is 0.269 e. The van der Waals surface area contributed by atoms with Gasteiger partial charge in [-0.1, -0.05) is 0 Å². The summed E-state index contributed by atoms with van der Waals surface area (Å²) in [5, 5.41) is 12.9. The number of alkyl halides is 2. The zero-order valence-electron chi connectivity index (χ0n) is 9.89. The molecule has 0 radical (unpaired) electrons. The first-order valence-corrected chi connectivity index (χ1v) is 6.22. The van der Waals surface area contributed by atoms with E-state index in [1.807, 2.05) is 19.9 Å². The van der Waals surface area contributed by atoms with Gasteiger partial charge < -0.3 is 0 Å². The molecule has 2 heterocycles. The van der Waals surface area contributed by atoms with Crippen LogP contribution in [0.4, 0.5) is 8.78 Å². The van der Waals surface area contributed by atoms with Crippen molar-refractivity contribution in [3.8, 4) is 16.6 Å². The lowest BCUT2D eigenvalue weighted by atomic mass is 10.2. The van der Waals surface area contributed by atoms with E-state index in [1.54, 1.807) is 12.1 Å². The molecule has 0 saturated heterocycles. The Labute approximate surface area is 107 Å². The zero-order valence-corrected chi connectivity index (χ0v) is 10.7. The summed E-state index contributed by atoms with van der Waals surface area (Å²) >= 11 is 1.17. The van der Waals surface area contributed by atoms with Gasteiger partial charge >= 0.3 is 0 Å². The minimum absolute atomic E-state index is 0.0200. The molecule has 6 heteroatoms. The van der Waals surface area contributed by atoms with Gasteiger partial charge in [-0.2, -0.15) is 10.4 Å². The number of nitrogens with zero attached hydrogens (tertiary/aromatic N) is 3. The van der Waals surface area contributed by atoms with E-state index in [0.717, 1.165) is 0 Å². The molecule has 0 spiro atoms. The Morgan fingerprint density at radius 2 is 2.11 bits per heavy atom. The van der Waals surface area contributed by atoms with Crippen molar-refractivity contribution < 1.29 is 8.78 Å². The molecule has 0 bridgehead atoms. The molecule has 18 heavy (non-hydrogen) atoms. The fraction of sp³-hybridized carbons (Fsp3) is 0.333. The van der Waals surface area contributed by atoms with Gasteiger partial charge in [-0.05, 0) is 26.0 Å². The van der Waals surface area contributed by atoms with Crippen LogP contribution in [0, 0.1) is 11.3 Å². The second kappa shape index (κ2) is 4.86. The van der Waals surface area contributed by atoms with E-state index in [-0.39, 0.29) is 17.3 Å².